The van der Waals surface area contributed by atoms with E-state index < -0.39 is 97.5 Å². The van der Waals surface area contributed by atoms with Gasteiger partial charge in [0.05, 0.1) is 26.4 Å². The maximum Gasteiger partial charge on any atom is 0.472 e. The molecule has 3 N–H and O–H groups in total. The molecular formula is C85H166O17P2. The van der Waals surface area contributed by atoms with Crippen molar-refractivity contribution in [2.75, 3.05) is 39.6 Å². The number of carbonyl (C=O) groups is 4. The third-order valence-electron chi connectivity index (χ3n) is 20.2. The van der Waals surface area contributed by atoms with Crippen molar-refractivity contribution in [3.63, 3.8) is 0 Å². The quantitative estimate of drug-likeness (QED) is 0.0222. The number of rotatable bonds is 83. The summed E-state index contributed by atoms with van der Waals surface area (Å²) in [5.74, 6) is 0.229. The molecule has 19 heteroatoms. The average molecular weight is 1520 g/mol. The second kappa shape index (κ2) is 75.1. The molecule has 0 heterocycles. The molecule has 0 rings (SSSR count). The van der Waals surface area contributed by atoms with E-state index in [0.717, 1.165) is 114 Å². The Morgan fingerprint density at radius 2 is 0.490 bits per heavy atom. The summed E-state index contributed by atoms with van der Waals surface area (Å²) in [6.45, 7) is 12.0. The zero-order valence-corrected chi connectivity index (χ0v) is 70.3. The zero-order chi connectivity index (χ0) is 76.5. The minimum absolute atomic E-state index is 0.107. The van der Waals surface area contributed by atoms with Gasteiger partial charge < -0.3 is 33.8 Å². The molecular weight excluding hydrogens is 1350 g/mol. The Morgan fingerprint density at radius 1 is 0.279 bits per heavy atom. The molecule has 0 spiro atoms. The van der Waals surface area contributed by atoms with Gasteiger partial charge in [-0.1, -0.05) is 395 Å². The predicted molar refractivity (Wildman–Crippen MR) is 428 cm³/mol. The largest absolute Gasteiger partial charge is 0.472 e. The van der Waals surface area contributed by atoms with Crippen molar-refractivity contribution in [1.82, 2.24) is 0 Å². The Bertz CT molecular complexity index is 2010. The second-order valence-electron chi connectivity index (χ2n) is 31.8. The molecule has 0 aromatic rings. The Labute approximate surface area is 638 Å². The number of unbranched alkanes of at least 4 members (excludes halogenated alkanes) is 50. The fourth-order valence-electron chi connectivity index (χ4n) is 13.2. The van der Waals surface area contributed by atoms with E-state index in [9.17, 15) is 43.2 Å². The standard InChI is InChI=1S/C85H166O17P2/c1-8-10-11-12-13-14-15-16-17-18-19-23-29-34-39-44-52-59-66-82(87)95-72-80(101-84(89)68-61-54-45-40-35-30-24-21-20-22-27-32-37-42-49-56-63-76(3)4)74-99-103(91,92)97-70-79(86)71-98-104(93,94)100-75-81(73-96-83(88)67-60-53-48-47-51-58-65-78(7)9-2)102-85(90)69-62-55-46-41-36-31-26-25-28-33-38-43-50-57-64-77(5)6/h76-81,86H,8-75H2,1-7H3,(H,91,92)(H,93,94)/t78?,79-,80-,81-/m1/s1. The molecule has 0 saturated carbocycles. The van der Waals surface area contributed by atoms with Crippen LogP contribution in [-0.4, -0.2) is 96.7 Å². The van der Waals surface area contributed by atoms with Crippen molar-refractivity contribution in [1.29, 1.82) is 0 Å². The highest BCUT2D eigenvalue weighted by Crippen LogP contribution is 2.45. The summed E-state index contributed by atoms with van der Waals surface area (Å²) in [5, 5.41) is 10.7. The summed E-state index contributed by atoms with van der Waals surface area (Å²) in [6.07, 6.45) is 65.3. The van der Waals surface area contributed by atoms with E-state index in [0.29, 0.717) is 25.7 Å². The first-order valence-corrected chi connectivity index (χ1v) is 46.9. The topological polar surface area (TPSA) is 237 Å². The maximum absolute atomic E-state index is 13.1. The molecule has 0 amide bonds. The first-order valence-electron chi connectivity index (χ1n) is 43.9. The van der Waals surface area contributed by atoms with Crippen LogP contribution in [0, 0.1) is 17.8 Å². The number of phosphoric ester groups is 2. The van der Waals surface area contributed by atoms with Crippen LogP contribution in [0.1, 0.15) is 447 Å². The van der Waals surface area contributed by atoms with Gasteiger partial charge in [-0.05, 0) is 43.4 Å². The number of aliphatic hydroxyl groups is 1. The number of hydrogen-bond donors (Lipinski definition) is 3. The maximum atomic E-state index is 13.1. The Hall–Kier alpha value is -1.94. The molecule has 0 bridgehead atoms. The van der Waals surface area contributed by atoms with E-state index >= 15 is 0 Å². The van der Waals surface area contributed by atoms with E-state index in [1.807, 2.05) is 0 Å². The Kier molecular flexibility index (Phi) is 73.7. The highest BCUT2D eigenvalue weighted by molar-refractivity contribution is 7.47. The van der Waals surface area contributed by atoms with Crippen molar-refractivity contribution in [2.45, 2.75) is 465 Å². The van der Waals surface area contributed by atoms with Crippen LogP contribution < -0.4 is 0 Å². The number of phosphoric acid groups is 2. The lowest BCUT2D eigenvalue weighted by atomic mass is 10.00. The lowest BCUT2D eigenvalue weighted by Crippen LogP contribution is -2.30. The molecule has 0 aliphatic heterocycles. The molecule has 6 atom stereocenters. The van der Waals surface area contributed by atoms with Gasteiger partial charge in [-0.3, -0.25) is 37.3 Å². The summed E-state index contributed by atoms with van der Waals surface area (Å²) in [5.41, 5.74) is 0. The molecule has 0 aliphatic rings. The minimum Gasteiger partial charge on any atom is -0.462 e. The lowest BCUT2D eigenvalue weighted by Gasteiger charge is -2.21. The summed E-state index contributed by atoms with van der Waals surface area (Å²) in [6, 6.07) is 0. The molecule has 104 heavy (non-hydrogen) atoms. The van der Waals surface area contributed by atoms with Crippen LogP contribution in [-0.2, 0) is 65.4 Å². The number of esters is 4. The van der Waals surface area contributed by atoms with Crippen LogP contribution in [0.2, 0.25) is 0 Å². The average Bonchev–Trinajstić information content (AvgIpc) is 0.908. The van der Waals surface area contributed by atoms with Gasteiger partial charge in [-0.2, -0.15) is 0 Å². The van der Waals surface area contributed by atoms with Gasteiger partial charge in [0.1, 0.15) is 19.3 Å². The molecule has 618 valence electrons. The van der Waals surface area contributed by atoms with Gasteiger partial charge in [-0.15, -0.1) is 0 Å². The molecule has 0 saturated heterocycles. The second-order valence-corrected chi connectivity index (χ2v) is 34.7. The number of hydrogen-bond acceptors (Lipinski definition) is 15. The van der Waals surface area contributed by atoms with Gasteiger partial charge in [-0.25, -0.2) is 9.13 Å². The van der Waals surface area contributed by atoms with Crippen molar-refractivity contribution in [3.8, 4) is 0 Å². The third-order valence-corrected chi connectivity index (χ3v) is 22.1. The first kappa shape index (κ1) is 102. The van der Waals surface area contributed by atoms with Crippen LogP contribution in [0.5, 0.6) is 0 Å². The third kappa shape index (κ3) is 76.8. The molecule has 0 aromatic carbocycles. The van der Waals surface area contributed by atoms with Gasteiger partial charge in [0.2, 0.25) is 0 Å². The smallest absolute Gasteiger partial charge is 0.462 e. The molecule has 0 fully saturated rings. The van der Waals surface area contributed by atoms with Crippen molar-refractivity contribution in [3.05, 3.63) is 0 Å². The fraction of sp³-hybridized carbons (Fsp3) is 0.953. The van der Waals surface area contributed by atoms with Crippen LogP contribution in [0.4, 0.5) is 0 Å². The number of aliphatic hydroxyl groups excluding tert-OH is 1. The van der Waals surface area contributed by atoms with Crippen molar-refractivity contribution < 1.29 is 80.2 Å². The normalized spacial score (nSPS) is 14.2. The van der Waals surface area contributed by atoms with Crippen LogP contribution in [0.25, 0.3) is 0 Å². The molecule has 0 radical (unpaired) electrons. The van der Waals surface area contributed by atoms with Crippen LogP contribution in [0.15, 0.2) is 0 Å². The number of ether oxygens (including phenoxy) is 4. The summed E-state index contributed by atoms with van der Waals surface area (Å²) in [7, 11) is -9.93. The summed E-state index contributed by atoms with van der Waals surface area (Å²) < 4.78 is 68.9. The summed E-state index contributed by atoms with van der Waals surface area (Å²) >= 11 is 0. The monoisotopic (exact) mass is 1520 g/mol. The van der Waals surface area contributed by atoms with Gasteiger partial charge in [0.15, 0.2) is 12.2 Å². The van der Waals surface area contributed by atoms with E-state index in [1.165, 1.54) is 250 Å². The minimum atomic E-state index is -4.97. The summed E-state index contributed by atoms with van der Waals surface area (Å²) in [4.78, 5) is 73.2. The zero-order valence-electron chi connectivity index (χ0n) is 68.5. The molecule has 17 nitrogen and oxygen atoms in total. The highest BCUT2D eigenvalue weighted by Gasteiger charge is 2.30. The molecule has 0 aromatic heterocycles. The Balaban J connectivity index is 5.24. The van der Waals surface area contributed by atoms with Crippen LogP contribution in [0.3, 0.4) is 0 Å². The van der Waals surface area contributed by atoms with Crippen molar-refractivity contribution >= 4 is 39.5 Å². The first-order chi connectivity index (χ1) is 50.3. The van der Waals surface area contributed by atoms with E-state index in [2.05, 4.69) is 48.5 Å². The van der Waals surface area contributed by atoms with Gasteiger partial charge in [0.25, 0.3) is 0 Å². The van der Waals surface area contributed by atoms with Gasteiger partial charge >= 0.3 is 39.5 Å². The molecule has 3 unspecified atom stereocenters. The predicted octanol–water partition coefficient (Wildman–Crippen LogP) is 25.7. The van der Waals surface area contributed by atoms with Gasteiger partial charge in [0, 0.05) is 25.7 Å². The Morgan fingerprint density at radius 3 is 0.731 bits per heavy atom. The van der Waals surface area contributed by atoms with E-state index in [4.69, 9.17) is 37.0 Å². The van der Waals surface area contributed by atoms with E-state index in [-0.39, 0.29) is 25.7 Å². The van der Waals surface area contributed by atoms with E-state index in [1.54, 1.807) is 0 Å². The molecule has 0 aliphatic carbocycles. The SMILES string of the molecule is CCCCCCCCCCCCCCCCCCCCC(=O)OC[C@H](COP(=O)(O)OC[C@@H](O)COP(=O)(O)OC[C@@H](COC(=O)CCCCCCCCC(C)CC)OC(=O)CCCCCCCCCCCCCCCCC(C)C)OC(=O)CCCCCCCCCCCCCCCCCCC(C)C. The van der Waals surface area contributed by atoms with Crippen LogP contribution >= 0.6 is 15.6 Å². The lowest BCUT2D eigenvalue weighted by molar-refractivity contribution is -0.161. The van der Waals surface area contributed by atoms with Crippen molar-refractivity contribution in [2.24, 2.45) is 17.8 Å². The highest BCUT2D eigenvalue weighted by atomic mass is 31.2. The number of carbonyl (C=O) groups excluding carboxylic acids is 4. The fourth-order valence-corrected chi connectivity index (χ4v) is 14.7.